The molecule has 0 aromatic heterocycles. The second-order valence-corrected chi connectivity index (χ2v) is 6.17. The summed E-state index contributed by atoms with van der Waals surface area (Å²) in [5.41, 5.74) is 5.83. The number of carbonyl (C=O) groups excluding carboxylic acids is 3. The van der Waals surface area contributed by atoms with Crippen LogP contribution in [0.2, 0.25) is 0 Å². The quantitative estimate of drug-likeness (QED) is 0.438. The van der Waals surface area contributed by atoms with E-state index in [1.165, 1.54) is 36.1 Å². The van der Waals surface area contributed by atoms with Crippen molar-refractivity contribution in [1.82, 2.24) is 10.2 Å². The molecular weight excluding hydrogens is 344 g/mol. The second-order valence-electron chi connectivity index (χ2n) is 6.17. The van der Waals surface area contributed by atoms with E-state index in [0.29, 0.717) is 5.56 Å². The minimum absolute atomic E-state index is 0.0500. The molecule has 1 aliphatic heterocycles. The van der Waals surface area contributed by atoms with Crippen molar-refractivity contribution in [2.45, 2.75) is 38.0 Å². The van der Waals surface area contributed by atoms with Gasteiger partial charge in [-0.2, -0.15) is 0 Å². The summed E-state index contributed by atoms with van der Waals surface area (Å²) in [7, 11) is 0. The Morgan fingerprint density at radius 1 is 1.38 bits per heavy atom. The van der Waals surface area contributed by atoms with Gasteiger partial charge in [-0.25, -0.2) is 0 Å². The molecule has 3 atom stereocenters. The van der Waals surface area contributed by atoms with E-state index >= 15 is 0 Å². The maximum absolute atomic E-state index is 12.4. The SMILES string of the molecule is CC(=O)N1C[C@H](O)C[C@H]1C(=O)N[C@H](Cc1ccc([N+](=O)[O-])cc1)C(N)=O. The van der Waals surface area contributed by atoms with Gasteiger partial charge in [-0.05, 0) is 5.56 Å². The topological polar surface area (TPSA) is 156 Å². The van der Waals surface area contributed by atoms with Crippen molar-refractivity contribution in [3.63, 3.8) is 0 Å². The summed E-state index contributed by atoms with van der Waals surface area (Å²) < 4.78 is 0. The smallest absolute Gasteiger partial charge is 0.269 e. The molecule has 1 fully saturated rings. The van der Waals surface area contributed by atoms with Crippen LogP contribution in [0.1, 0.15) is 18.9 Å². The fourth-order valence-electron chi connectivity index (χ4n) is 2.89. The first kappa shape index (κ1) is 19.3. The van der Waals surface area contributed by atoms with Gasteiger partial charge in [0.25, 0.3) is 5.69 Å². The summed E-state index contributed by atoms with van der Waals surface area (Å²) in [4.78, 5) is 47.1. The number of nitro benzene ring substituents is 1. The van der Waals surface area contributed by atoms with Gasteiger partial charge in [0, 0.05) is 38.4 Å². The lowest BCUT2D eigenvalue weighted by molar-refractivity contribution is -0.384. The molecule has 0 spiro atoms. The number of carbonyl (C=O) groups is 3. The average molecular weight is 364 g/mol. The maximum Gasteiger partial charge on any atom is 0.269 e. The summed E-state index contributed by atoms with van der Waals surface area (Å²) >= 11 is 0. The Hall–Kier alpha value is -3.01. The highest BCUT2D eigenvalue weighted by atomic mass is 16.6. The third kappa shape index (κ3) is 4.54. The van der Waals surface area contributed by atoms with Gasteiger partial charge in [-0.3, -0.25) is 24.5 Å². The lowest BCUT2D eigenvalue weighted by Gasteiger charge is -2.24. The zero-order valence-electron chi connectivity index (χ0n) is 14.1. The van der Waals surface area contributed by atoms with Crippen LogP contribution in [0.15, 0.2) is 24.3 Å². The van der Waals surface area contributed by atoms with E-state index in [1.54, 1.807) is 0 Å². The summed E-state index contributed by atoms with van der Waals surface area (Å²) in [6, 6.07) is 3.61. The number of hydrogen-bond acceptors (Lipinski definition) is 6. The second kappa shape index (κ2) is 7.91. The number of nitrogens with zero attached hydrogens (tertiary/aromatic N) is 2. The van der Waals surface area contributed by atoms with Gasteiger partial charge in [0.05, 0.1) is 11.0 Å². The highest BCUT2D eigenvalue weighted by molar-refractivity contribution is 5.91. The monoisotopic (exact) mass is 364 g/mol. The molecule has 0 saturated carbocycles. The molecule has 1 aliphatic rings. The molecule has 0 bridgehead atoms. The molecule has 4 N–H and O–H groups in total. The number of primary amides is 1. The Labute approximate surface area is 149 Å². The number of aliphatic hydroxyl groups excluding tert-OH is 1. The molecule has 140 valence electrons. The Bertz CT molecular complexity index is 720. The van der Waals surface area contributed by atoms with Gasteiger partial charge in [0.2, 0.25) is 17.7 Å². The van der Waals surface area contributed by atoms with E-state index in [4.69, 9.17) is 5.73 Å². The first-order chi connectivity index (χ1) is 12.2. The standard InChI is InChI=1S/C16H20N4O6/c1-9(21)19-8-12(22)7-14(19)16(24)18-13(15(17)23)6-10-2-4-11(5-3-10)20(25)26/h2-5,12-14,22H,6-8H2,1H3,(H2,17,23)(H,18,24)/t12-,13-,14+/m1/s1. The molecule has 1 aromatic rings. The van der Waals surface area contributed by atoms with Crippen molar-refractivity contribution >= 4 is 23.4 Å². The van der Waals surface area contributed by atoms with Crippen molar-refractivity contribution in [2.24, 2.45) is 5.73 Å². The molecule has 3 amide bonds. The zero-order valence-corrected chi connectivity index (χ0v) is 14.1. The number of likely N-dealkylation sites (tertiary alicyclic amines) is 1. The molecule has 1 heterocycles. The van der Waals surface area contributed by atoms with Crippen LogP contribution in [0.3, 0.4) is 0 Å². The lowest BCUT2D eigenvalue weighted by atomic mass is 10.0. The number of non-ortho nitro benzene ring substituents is 1. The van der Waals surface area contributed by atoms with Crippen LogP contribution in [0.5, 0.6) is 0 Å². The number of benzene rings is 1. The normalized spacial score (nSPS) is 20.5. The first-order valence-electron chi connectivity index (χ1n) is 7.97. The molecule has 26 heavy (non-hydrogen) atoms. The highest BCUT2D eigenvalue weighted by Gasteiger charge is 2.38. The van der Waals surface area contributed by atoms with E-state index in [0.717, 1.165) is 0 Å². The maximum atomic E-state index is 12.4. The van der Waals surface area contributed by atoms with Crippen molar-refractivity contribution in [1.29, 1.82) is 0 Å². The van der Waals surface area contributed by atoms with Gasteiger partial charge in [0.15, 0.2) is 0 Å². The van der Waals surface area contributed by atoms with Crippen LogP contribution in [0.25, 0.3) is 0 Å². The van der Waals surface area contributed by atoms with E-state index < -0.39 is 34.9 Å². The Morgan fingerprint density at radius 2 is 2.00 bits per heavy atom. The Kier molecular flexibility index (Phi) is 5.88. The van der Waals surface area contributed by atoms with Crippen LogP contribution < -0.4 is 11.1 Å². The molecule has 0 radical (unpaired) electrons. The molecule has 1 aromatic carbocycles. The molecule has 0 aliphatic carbocycles. The van der Waals surface area contributed by atoms with Crippen LogP contribution >= 0.6 is 0 Å². The van der Waals surface area contributed by atoms with E-state index in [1.807, 2.05) is 0 Å². The summed E-state index contributed by atoms with van der Waals surface area (Å²) in [5, 5.41) is 22.9. The molecule has 10 nitrogen and oxygen atoms in total. The van der Waals surface area contributed by atoms with E-state index in [9.17, 15) is 29.6 Å². The molecular formula is C16H20N4O6. The van der Waals surface area contributed by atoms with Crippen molar-refractivity contribution in [3.8, 4) is 0 Å². The number of β-amino-alcohol motifs (C(OH)–C–C–N with tert-alkyl or cyclic N) is 1. The zero-order chi connectivity index (χ0) is 19.4. The number of aliphatic hydroxyl groups is 1. The summed E-state index contributed by atoms with van der Waals surface area (Å²) in [6.45, 7) is 1.35. The fourth-order valence-corrected chi connectivity index (χ4v) is 2.89. The number of nitrogens with two attached hydrogens (primary N) is 1. The van der Waals surface area contributed by atoms with Gasteiger partial charge in [0.1, 0.15) is 12.1 Å². The predicted molar refractivity (Wildman–Crippen MR) is 89.7 cm³/mol. The van der Waals surface area contributed by atoms with Crippen LogP contribution in [-0.2, 0) is 20.8 Å². The number of rotatable bonds is 6. The number of hydrogen-bond donors (Lipinski definition) is 3. The first-order valence-corrected chi connectivity index (χ1v) is 7.97. The third-order valence-corrected chi connectivity index (χ3v) is 4.23. The largest absolute Gasteiger partial charge is 0.391 e. The van der Waals surface area contributed by atoms with Gasteiger partial charge >= 0.3 is 0 Å². The van der Waals surface area contributed by atoms with E-state index in [2.05, 4.69) is 5.32 Å². The number of nitro groups is 1. The highest BCUT2D eigenvalue weighted by Crippen LogP contribution is 2.19. The van der Waals surface area contributed by atoms with Gasteiger partial charge in [-0.1, -0.05) is 12.1 Å². The van der Waals surface area contributed by atoms with Crippen molar-refractivity contribution in [3.05, 3.63) is 39.9 Å². The Morgan fingerprint density at radius 3 is 2.50 bits per heavy atom. The van der Waals surface area contributed by atoms with Crippen LogP contribution in [0.4, 0.5) is 5.69 Å². The summed E-state index contributed by atoms with van der Waals surface area (Å²) in [6.07, 6.45) is -0.681. The molecule has 0 unspecified atom stereocenters. The predicted octanol–water partition coefficient (Wildman–Crippen LogP) is -0.911. The van der Waals surface area contributed by atoms with Crippen molar-refractivity contribution in [2.75, 3.05) is 6.54 Å². The Balaban J connectivity index is 2.07. The average Bonchev–Trinajstić information content (AvgIpc) is 2.97. The van der Waals surface area contributed by atoms with E-state index in [-0.39, 0.29) is 31.0 Å². The minimum atomic E-state index is -1.05. The van der Waals surface area contributed by atoms with Gasteiger partial charge in [-0.15, -0.1) is 0 Å². The van der Waals surface area contributed by atoms with Crippen LogP contribution in [-0.4, -0.2) is 57.4 Å². The molecule has 10 heteroatoms. The molecule has 1 saturated heterocycles. The number of nitrogens with one attached hydrogen (secondary N) is 1. The van der Waals surface area contributed by atoms with Gasteiger partial charge < -0.3 is 21.1 Å². The fraction of sp³-hybridized carbons (Fsp3) is 0.438. The van der Waals surface area contributed by atoms with Crippen molar-refractivity contribution < 1.29 is 24.4 Å². The summed E-state index contributed by atoms with van der Waals surface area (Å²) in [5.74, 6) is -1.71. The lowest BCUT2D eigenvalue weighted by Crippen LogP contribution is -2.52. The number of amides is 3. The minimum Gasteiger partial charge on any atom is -0.391 e. The third-order valence-electron chi connectivity index (χ3n) is 4.23. The molecule has 2 rings (SSSR count). The van der Waals surface area contributed by atoms with Crippen LogP contribution in [0, 0.1) is 10.1 Å².